The number of amides is 1. The van der Waals surface area contributed by atoms with Gasteiger partial charge in [-0.15, -0.1) is 11.3 Å². The lowest BCUT2D eigenvalue weighted by atomic mass is 9.81. The van der Waals surface area contributed by atoms with Crippen molar-refractivity contribution >= 4 is 17.2 Å². The van der Waals surface area contributed by atoms with Gasteiger partial charge in [-0.05, 0) is 31.2 Å². The Morgan fingerprint density at radius 2 is 2.19 bits per heavy atom. The van der Waals surface area contributed by atoms with Crippen LogP contribution < -0.4 is 10.9 Å². The van der Waals surface area contributed by atoms with E-state index in [4.69, 9.17) is 0 Å². The van der Waals surface area contributed by atoms with E-state index >= 15 is 0 Å². The fraction of sp³-hybridized carbons (Fsp3) is 0.500. The average molecular weight is 371 g/mol. The molecule has 2 aliphatic heterocycles. The van der Waals surface area contributed by atoms with E-state index in [0.29, 0.717) is 24.3 Å². The molecule has 138 valence electrons. The van der Waals surface area contributed by atoms with Crippen molar-refractivity contribution in [2.24, 2.45) is 5.92 Å². The molecule has 2 aliphatic rings. The van der Waals surface area contributed by atoms with E-state index < -0.39 is 0 Å². The first-order chi connectivity index (χ1) is 12.7. The molecule has 0 bridgehead atoms. The van der Waals surface area contributed by atoms with Crippen molar-refractivity contribution in [1.29, 1.82) is 0 Å². The minimum Gasteiger partial charge on any atom is -0.342 e. The molecule has 26 heavy (non-hydrogen) atoms. The van der Waals surface area contributed by atoms with Crippen LogP contribution in [0.3, 0.4) is 0 Å². The molecule has 1 amide bonds. The molecule has 0 aliphatic carbocycles. The summed E-state index contributed by atoms with van der Waals surface area (Å²) < 4.78 is 0. The number of carbonyl (C=O) groups excluding carboxylic acids is 1. The normalized spacial score (nSPS) is 26.2. The molecule has 3 heterocycles. The third-order valence-corrected chi connectivity index (χ3v) is 6.39. The van der Waals surface area contributed by atoms with Gasteiger partial charge in [-0.25, -0.2) is 4.98 Å². The molecule has 6 heteroatoms. The second-order valence-electron chi connectivity index (χ2n) is 7.34. The number of nitrogens with zero attached hydrogens (tertiary/aromatic N) is 2. The molecule has 0 saturated carbocycles. The topological polar surface area (TPSA) is 57.3 Å². The number of hydrogen-bond acceptors (Lipinski definition) is 5. The minimum absolute atomic E-state index is 0.210. The van der Waals surface area contributed by atoms with Crippen LogP contribution in [0.25, 0.3) is 0 Å². The molecule has 0 spiro atoms. The van der Waals surface area contributed by atoms with E-state index in [1.807, 2.05) is 17.2 Å². The lowest BCUT2D eigenvalue weighted by molar-refractivity contribution is -0.132. The third-order valence-electron chi connectivity index (χ3n) is 5.57. The van der Waals surface area contributed by atoms with E-state index in [-0.39, 0.29) is 5.91 Å². The van der Waals surface area contributed by atoms with Crippen molar-refractivity contribution < 1.29 is 4.79 Å². The molecule has 4 rings (SSSR count). The average Bonchev–Trinajstić information content (AvgIpc) is 3.32. The number of rotatable bonds is 4. The van der Waals surface area contributed by atoms with Crippen LogP contribution in [0.4, 0.5) is 0 Å². The van der Waals surface area contributed by atoms with Crippen LogP contribution in [0.15, 0.2) is 35.7 Å². The van der Waals surface area contributed by atoms with Crippen LogP contribution in [-0.4, -0.2) is 41.5 Å². The number of aryl methyl sites for hydroxylation is 1. The first kappa shape index (κ1) is 17.6. The highest BCUT2D eigenvalue weighted by molar-refractivity contribution is 7.09. The first-order valence-electron chi connectivity index (χ1n) is 9.43. The van der Waals surface area contributed by atoms with Crippen LogP contribution in [0.2, 0.25) is 0 Å². The van der Waals surface area contributed by atoms with Gasteiger partial charge in [0.15, 0.2) is 0 Å². The number of carbonyl (C=O) groups is 1. The number of hydrazine groups is 1. The smallest absolute Gasteiger partial charge is 0.228 e. The van der Waals surface area contributed by atoms with Crippen LogP contribution in [-0.2, 0) is 11.2 Å². The fourth-order valence-corrected chi connectivity index (χ4v) is 4.88. The maximum atomic E-state index is 12.7. The zero-order chi connectivity index (χ0) is 17.9. The Hall–Kier alpha value is -1.76. The number of benzene rings is 1. The van der Waals surface area contributed by atoms with E-state index in [2.05, 4.69) is 46.2 Å². The van der Waals surface area contributed by atoms with Crippen molar-refractivity contribution in [2.45, 2.75) is 38.1 Å². The summed E-state index contributed by atoms with van der Waals surface area (Å²) in [5.74, 6) is 1.14. The molecular weight excluding hydrogens is 344 g/mol. The van der Waals surface area contributed by atoms with E-state index in [0.717, 1.165) is 36.8 Å². The van der Waals surface area contributed by atoms with E-state index in [1.54, 1.807) is 11.3 Å². The molecular formula is C20H26N4OS. The van der Waals surface area contributed by atoms with Gasteiger partial charge in [-0.3, -0.25) is 15.6 Å². The van der Waals surface area contributed by atoms with E-state index in [1.165, 1.54) is 12.0 Å². The molecule has 0 radical (unpaired) electrons. The predicted octanol–water partition coefficient (Wildman–Crippen LogP) is 2.49. The summed E-state index contributed by atoms with van der Waals surface area (Å²) in [5, 5.41) is 3.03. The zero-order valence-electron chi connectivity index (χ0n) is 15.1. The van der Waals surface area contributed by atoms with Gasteiger partial charge in [0.05, 0.1) is 17.1 Å². The van der Waals surface area contributed by atoms with Gasteiger partial charge in [-0.1, -0.05) is 30.3 Å². The second kappa shape index (κ2) is 7.86. The Bertz CT molecular complexity index is 747. The highest BCUT2D eigenvalue weighted by atomic mass is 32.1. The quantitative estimate of drug-likeness (QED) is 0.868. The van der Waals surface area contributed by atoms with Gasteiger partial charge in [0, 0.05) is 37.0 Å². The molecule has 5 nitrogen and oxygen atoms in total. The van der Waals surface area contributed by atoms with Crippen molar-refractivity contribution in [1.82, 2.24) is 20.7 Å². The fourth-order valence-electron chi connectivity index (χ4n) is 4.27. The molecule has 3 unspecified atom stereocenters. The molecule has 2 N–H and O–H groups in total. The summed E-state index contributed by atoms with van der Waals surface area (Å²) in [4.78, 5) is 19.2. The number of hydrogen-bond donors (Lipinski definition) is 2. The zero-order valence-corrected chi connectivity index (χ0v) is 16.0. The van der Waals surface area contributed by atoms with Crippen molar-refractivity contribution in [3.8, 4) is 0 Å². The van der Waals surface area contributed by atoms with Gasteiger partial charge in [0.2, 0.25) is 5.91 Å². The molecule has 1 aromatic carbocycles. The van der Waals surface area contributed by atoms with Crippen LogP contribution in [0.1, 0.15) is 35.0 Å². The van der Waals surface area contributed by atoms with Gasteiger partial charge in [0.1, 0.15) is 0 Å². The van der Waals surface area contributed by atoms with Gasteiger partial charge in [0.25, 0.3) is 0 Å². The van der Waals surface area contributed by atoms with Crippen LogP contribution >= 0.6 is 11.3 Å². The van der Waals surface area contributed by atoms with Crippen molar-refractivity contribution in [2.75, 3.05) is 19.6 Å². The van der Waals surface area contributed by atoms with Crippen LogP contribution in [0, 0.1) is 12.8 Å². The maximum absolute atomic E-state index is 12.7. The molecule has 2 fully saturated rings. The molecule has 2 saturated heterocycles. The Kier molecular flexibility index (Phi) is 5.33. The largest absolute Gasteiger partial charge is 0.342 e. The lowest BCUT2D eigenvalue weighted by Gasteiger charge is -2.37. The van der Waals surface area contributed by atoms with Gasteiger partial charge in [-0.2, -0.15) is 0 Å². The second-order valence-corrected chi connectivity index (χ2v) is 8.41. The number of likely N-dealkylation sites (tertiary alicyclic amines) is 1. The summed E-state index contributed by atoms with van der Waals surface area (Å²) in [5.41, 5.74) is 9.11. The highest BCUT2D eigenvalue weighted by Gasteiger charge is 2.37. The minimum atomic E-state index is 0.210. The Morgan fingerprint density at radius 1 is 1.35 bits per heavy atom. The highest BCUT2D eigenvalue weighted by Crippen LogP contribution is 2.31. The summed E-state index contributed by atoms with van der Waals surface area (Å²) in [6.07, 6.45) is 2.67. The SMILES string of the molecule is Cc1nc(CC(=O)N2CCCC(C3NNCC3c3ccccc3)C2)cs1. The van der Waals surface area contributed by atoms with Gasteiger partial charge >= 0.3 is 0 Å². The number of piperidine rings is 1. The maximum Gasteiger partial charge on any atom is 0.228 e. The Balaban J connectivity index is 1.42. The Morgan fingerprint density at radius 3 is 2.96 bits per heavy atom. The molecule has 1 aromatic heterocycles. The number of aromatic nitrogens is 1. The van der Waals surface area contributed by atoms with Crippen LogP contribution in [0.5, 0.6) is 0 Å². The third kappa shape index (κ3) is 3.82. The summed E-state index contributed by atoms with van der Waals surface area (Å²) in [7, 11) is 0. The molecule has 3 atom stereocenters. The summed E-state index contributed by atoms with van der Waals surface area (Å²) in [6, 6.07) is 11.1. The standard InChI is InChI=1S/C20H26N4OS/c1-14-22-17(13-26-14)10-19(25)24-9-5-8-16(12-24)20-18(11-21-23-20)15-6-3-2-4-7-15/h2-4,6-7,13,16,18,20-21,23H,5,8-12H2,1H3. The number of nitrogens with one attached hydrogen (secondary N) is 2. The van der Waals surface area contributed by atoms with Crippen molar-refractivity contribution in [3.05, 3.63) is 52.0 Å². The summed E-state index contributed by atoms with van der Waals surface area (Å²) in [6.45, 7) is 4.63. The summed E-state index contributed by atoms with van der Waals surface area (Å²) >= 11 is 1.61. The monoisotopic (exact) mass is 370 g/mol. The Labute approximate surface area is 158 Å². The van der Waals surface area contributed by atoms with Crippen molar-refractivity contribution in [3.63, 3.8) is 0 Å². The molecule has 2 aromatic rings. The van der Waals surface area contributed by atoms with Gasteiger partial charge < -0.3 is 4.90 Å². The number of thiazole rings is 1. The lowest BCUT2D eigenvalue weighted by Crippen LogP contribution is -2.48. The van der Waals surface area contributed by atoms with E-state index in [9.17, 15) is 4.79 Å². The predicted molar refractivity (Wildman–Crippen MR) is 104 cm³/mol. The first-order valence-corrected chi connectivity index (χ1v) is 10.3.